The Hall–Kier alpha value is -2.06. The number of nitrogens with one attached hydrogen (secondary N) is 4. The molecule has 0 amide bonds. The van der Waals surface area contributed by atoms with E-state index in [-0.39, 0.29) is 6.04 Å². The summed E-state index contributed by atoms with van der Waals surface area (Å²) in [6.45, 7) is 0.936. The van der Waals surface area contributed by atoms with Gasteiger partial charge in [-0.2, -0.15) is 0 Å². The first-order chi connectivity index (χ1) is 14.3. The van der Waals surface area contributed by atoms with Crippen LogP contribution in [-0.2, 0) is 0 Å². The van der Waals surface area contributed by atoms with E-state index in [0.29, 0.717) is 30.1 Å². The van der Waals surface area contributed by atoms with E-state index in [0.717, 1.165) is 37.3 Å². The third kappa shape index (κ3) is 4.14. The molecule has 6 atom stereocenters. The molecule has 7 nitrogen and oxygen atoms in total. The fourth-order valence-corrected chi connectivity index (χ4v) is 5.17. The summed E-state index contributed by atoms with van der Waals surface area (Å²) in [5.74, 6) is 1.44. The maximum absolute atomic E-state index is 6.15. The highest BCUT2D eigenvalue weighted by atomic mass is 15.4. The zero-order chi connectivity index (χ0) is 19.6. The van der Waals surface area contributed by atoms with Crippen LogP contribution < -0.4 is 27.2 Å². The molecule has 4 heterocycles. The Kier molecular flexibility index (Phi) is 5.46. The predicted octanol–water partition coefficient (Wildman–Crippen LogP) is 2.03. The molecule has 7 heteroatoms. The van der Waals surface area contributed by atoms with E-state index in [1.165, 1.54) is 18.4 Å². The average Bonchev–Trinajstić information content (AvgIpc) is 3.18. The van der Waals surface area contributed by atoms with Crippen molar-refractivity contribution < 1.29 is 0 Å². The summed E-state index contributed by atoms with van der Waals surface area (Å²) in [5, 5.41) is 7.28. The molecule has 3 aliphatic rings. The van der Waals surface area contributed by atoms with Gasteiger partial charge in [0.25, 0.3) is 0 Å². The van der Waals surface area contributed by atoms with Crippen LogP contribution in [0.2, 0.25) is 0 Å². The molecule has 2 aliphatic heterocycles. The first-order valence-electron chi connectivity index (χ1n) is 10.9. The van der Waals surface area contributed by atoms with Crippen LogP contribution in [0.3, 0.4) is 0 Å². The third-order valence-electron chi connectivity index (χ3n) is 6.70. The Balaban J connectivity index is 1.30. The van der Waals surface area contributed by atoms with Gasteiger partial charge in [-0.1, -0.05) is 12.1 Å². The van der Waals surface area contributed by atoms with Crippen molar-refractivity contribution in [2.24, 2.45) is 11.7 Å². The van der Waals surface area contributed by atoms with Gasteiger partial charge in [0.15, 0.2) is 0 Å². The molecule has 1 saturated carbocycles. The van der Waals surface area contributed by atoms with Crippen LogP contribution in [-0.4, -0.2) is 34.6 Å². The maximum Gasteiger partial charge on any atom is 0.126 e. The van der Waals surface area contributed by atoms with Crippen LogP contribution in [0.1, 0.15) is 55.4 Å². The van der Waals surface area contributed by atoms with Crippen molar-refractivity contribution in [1.82, 2.24) is 26.1 Å². The van der Waals surface area contributed by atoms with Gasteiger partial charge >= 0.3 is 0 Å². The summed E-state index contributed by atoms with van der Waals surface area (Å²) < 4.78 is 0. The second kappa shape index (κ2) is 8.36. The van der Waals surface area contributed by atoms with E-state index >= 15 is 0 Å². The molecule has 5 rings (SSSR count). The fourth-order valence-electron chi connectivity index (χ4n) is 5.17. The quantitative estimate of drug-likeness (QED) is 0.542. The molecule has 0 bridgehead atoms. The average molecular weight is 394 g/mol. The van der Waals surface area contributed by atoms with Gasteiger partial charge < -0.3 is 16.4 Å². The van der Waals surface area contributed by atoms with Crippen molar-refractivity contribution in [2.75, 3.05) is 11.9 Å². The van der Waals surface area contributed by atoms with Crippen LogP contribution >= 0.6 is 0 Å². The zero-order valence-electron chi connectivity index (χ0n) is 16.7. The van der Waals surface area contributed by atoms with Crippen LogP contribution in [0, 0.1) is 5.92 Å². The van der Waals surface area contributed by atoms with Gasteiger partial charge in [0, 0.05) is 49.0 Å². The smallest absolute Gasteiger partial charge is 0.126 e. The van der Waals surface area contributed by atoms with Gasteiger partial charge in [-0.15, -0.1) is 0 Å². The summed E-state index contributed by atoms with van der Waals surface area (Å²) in [4.78, 5) is 9.27. The standard InChI is InChI=1S/C22H31N7/c23-15-5-1-6-16(10-15)26-21-8-2-7-18(27-21)22-17-11-19(14-4-3-9-24-12-14)25-13-20(17)28-29-22/h2-4,7-9,12,15-17,19-20,22,25,28-29H,1,5-6,10-11,13,23H2,(H,26,27)/t15-,16-,17?,19?,20?,22?/m1/s1. The number of rotatable bonds is 4. The Labute approximate surface area is 172 Å². The van der Waals surface area contributed by atoms with E-state index < -0.39 is 0 Å². The molecule has 0 aromatic carbocycles. The van der Waals surface area contributed by atoms with Crippen LogP contribution in [0.15, 0.2) is 42.7 Å². The molecule has 3 fully saturated rings. The third-order valence-corrected chi connectivity index (χ3v) is 6.70. The van der Waals surface area contributed by atoms with Gasteiger partial charge in [-0.3, -0.25) is 10.4 Å². The molecule has 1 aliphatic carbocycles. The number of nitrogens with two attached hydrogens (primary N) is 1. The van der Waals surface area contributed by atoms with Crippen molar-refractivity contribution in [3.05, 3.63) is 54.0 Å². The lowest BCUT2D eigenvalue weighted by molar-refractivity contribution is 0.265. The lowest BCUT2D eigenvalue weighted by Crippen LogP contribution is -2.46. The van der Waals surface area contributed by atoms with Crippen molar-refractivity contribution >= 4 is 5.82 Å². The second-order valence-electron chi connectivity index (χ2n) is 8.74. The largest absolute Gasteiger partial charge is 0.367 e. The monoisotopic (exact) mass is 393 g/mol. The molecule has 154 valence electrons. The Morgan fingerprint density at radius 1 is 1.07 bits per heavy atom. The van der Waals surface area contributed by atoms with E-state index in [1.807, 2.05) is 18.5 Å². The van der Waals surface area contributed by atoms with E-state index in [1.54, 1.807) is 0 Å². The number of hydrogen-bond acceptors (Lipinski definition) is 7. The minimum Gasteiger partial charge on any atom is -0.367 e. The molecular formula is C22H31N7. The summed E-state index contributed by atoms with van der Waals surface area (Å²) >= 11 is 0. The number of fused-ring (bicyclic) bond motifs is 1. The van der Waals surface area contributed by atoms with E-state index in [9.17, 15) is 0 Å². The van der Waals surface area contributed by atoms with Gasteiger partial charge in [-0.05, 0) is 55.9 Å². The molecule has 0 radical (unpaired) electrons. The summed E-state index contributed by atoms with van der Waals surface area (Å²) in [7, 11) is 0. The van der Waals surface area contributed by atoms with Crippen LogP contribution in [0.25, 0.3) is 0 Å². The normalized spacial score (nSPS) is 34.5. The molecule has 2 saturated heterocycles. The molecule has 2 aromatic rings. The number of hydrogen-bond donors (Lipinski definition) is 5. The minimum atomic E-state index is 0.205. The first-order valence-corrected chi connectivity index (χ1v) is 10.9. The number of piperidine rings is 1. The SMILES string of the molecule is N[C@@H]1CCC[C@@H](Nc2cccc(C3NNC4CNC(c5cccnc5)CC43)n2)C1. The molecule has 4 unspecified atom stereocenters. The number of pyridine rings is 2. The molecule has 29 heavy (non-hydrogen) atoms. The van der Waals surface area contributed by atoms with Crippen molar-refractivity contribution in [2.45, 2.75) is 62.3 Å². The second-order valence-corrected chi connectivity index (χ2v) is 8.74. The number of hydrazine groups is 1. The maximum atomic E-state index is 6.15. The van der Waals surface area contributed by atoms with Gasteiger partial charge in [-0.25, -0.2) is 10.4 Å². The van der Waals surface area contributed by atoms with Crippen molar-refractivity contribution in [3.8, 4) is 0 Å². The highest BCUT2D eigenvalue weighted by Gasteiger charge is 2.42. The van der Waals surface area contributed by atoms with Crippen molar-refractivity contribution in [3.63, 3.8) is 0 Å². The molecule has 0 spiro atoms. The predicted molar refractivity (Wildman–Crippen MR) is 114 cm³/mol. The van der Waals surface area contributed by atoms with Crippen LogP contribution in [0.5, 0.6) is 0 Å². The topological polar surface area (TPSA) is 99.9 Å². The van der Waals surface area contributed by atoms with Gasteiger partial charge in [0.05, 0.1) is 11.7 Å². The van der Waals surface area contributed by atoms with E-state index in [2.05, 4.69) is 50.7 Å². The molecular weight excluding hydrogens is 362 g/mol. The van der Waals surface area contributed by atoms with E-state index in [4.69, 9.17) is 10.7 Å². The minimum absolute atomic E-state index is 0.205. The molecule has 2 aromatic heterocycles. The van der Waals surface area contributed by atoms with Gasteiger partial charge in [0.1, 0.15) is 5.82 Å². The zero-order valence-corrected chi connectivity index (χ0v) is 16.7. The summed E-state index contributed by atoms with van der Waals surface area (Å²) in [6, 6.07) is 12.2. The number of aromatic nitrogens is 2. The van der Waals surface area contributed by atoms with Gasteiger partial charge in [0.2, 0.25) is 0 Å². The fraction of sp³-hybridized carbons (Fsp3) is 0.545. The summed E-state index contributed by atoms with van der Waals surface area (Å²) in [6.07, 6.45) is 9.39. The van der Waals surface area contributed by atoms with Crippen LogP contribution in [0.4, 0.5) is 5.82 Å². The highest BCUT2D eigenvalue weighted by Crippen LogP contribution is 2.38. The Morgan fingerprint density at radius 2 is 2.03 bits per heavy atom. The molecule has 6 N–H and O–H groups in total. The number of nitrogens with zero attached hydrogens (tertiary/aromatic N) is 2. The Bertz CT molecular complexity index is 814. The first kappa shape index (κ1) is 18.9. The lowest BCUT2D eigenvalue weighted by Gasteiger charge is -2.34. The van der Waals surface area contributed by atoms with Crippen molar-refractivity contribution in [1.29, 1.82) is 0 Å². The lowest BCUT2D eigenvalue weighted by atomic mass is 9.81. The Morgan fingerprint density at radius 3 is 2.90 bits per heavy atom. The summed E-state index contributed by atoms with van der Waals surface area (Å²) in [5.41, 5.74) is 15.5. The number of anilines is 1. The highest BCUT2D eigenvalue weighted by molar-refractivity contribution is 5.38.